The second-order valence-electron chi connectivity index (χ2n) is 3.05. The maximum atomic E-state index is 8.49. The van der Waals surface area contributed by atoms with Gasteiger partial charge in [0.25, 0.3) is 0 Å². The molecule has 0 saturated heterocycles. The number of nitrogens with one attached hydrogen (secondary N) is 1. The highest BCUT2D eigenvalue weighted by atomic mass is 15.2. The van der Waals surface area contributed by atoms with Gasteiger partial charge < -0.3 is 5.32 Å². The molecule has 14 heavy (non-hydrogen) atoms. The third-order valence-electron chi connectivity index (χ3n) is 1.64. The second-order valence-corrected chi connectivity index (χ2v) is 3.05. The zero-order valence-electron chi connectivity index (χ0n) is 8.12. The maximum absolute atomic E-state index is 8.49. The molecule has 0 bridgehead atoms. The lowest BCUT2D eigenvalue weighted by Crippen LogP contribution is -2.04. The quantitative estimate of drug-likeness (QED) is 0.731. The van der Waals surface area contributed by atoms with Crippen molar-refractivity contribution in [2.45, 2.75) is 13.3 Å². The number of rotatable bonds is 4. The van der Waals surface area contributed by atoms with E-state index >= 15 is 0 Å². The van der Waals surface area contributed by atoms with Crippen LogP contribution in [0.1, 0.15) is 19.0 Å². The van der Waals surface area contributed by atoms with Crippen LogP contribution in [0.3, 0.4) is 0 Å². The summed E-state index contributed by atoms with van der Waals surface area (Å²) in [4.78, 5) is 0. The molecule has 0 unspecified atom stereocenters. The summed E-state index contributed by atoms with van der Waals surface area (Å²) in [6.45, 7) is 6.56. The standard InChI is InChI=1S/C10H12N4/c1-8(2)5-6-12-10-4-3-9(7-11)13-14-10/h3-4H,1,5-6H2,2H3,(H,12,14). The monoisotopic (exact) mass is 188 g/mol. The molecule has 0 spiro atoms. The summed E-state index contributed by atoms with van der Waals surface area (Å²) >= 11 is 0. The van der Waals surface area contributed by atoms with Crippen molar-refractivity contribution in [1.82, 2.24) is 10.2 Å². The van der Waals surface area contributed by atoms with E-state index in [4.69, 9.17) is 5.26 Å². The van der Waals surface area contributed by atoms with Crippen LogP contribution in [0.15, 0.2) is 24.3 Å². The molecule has 0 radical (unpaired) electrons. The van der Waals surface area contributed by atoms with Crippen LogP contribution in [0.25, 0.3) is 0 Å². The summed E-state index contributed by atoms with van der Waals surface area (Å²) in [7, 11) is 0. The van der Waals surface area contributed by atoms with Gasteiger partial charge in [-0.15, -0.1) is 16.8 Å². The SMILES string of the molecule is C=C(C)CCNc1ccc(C#N)nn1. The average molecular weight is 188 g/mol. The van der Waals surface area contributed by atoms with E-state index in [0.29, 0.717) is 11.5 Å². The molecule has 0 saturated carbocycles. The molecule has 72 valence electrons. The number of aromatic nitrogens is 2. The predicted octanol–water partition coefficient (Wildman–Crippen LogP) is 1.73. The Hall–Kier alpha value is -1.89. The lowest BCUT2D eigenvalue weighted by molar-refractivity contribution is 0.952. The van der Waals surface area contributed by atoms with Crippen molar-refractivity contribution in [1.29, 1.82) is 5.26 Å². The number of hydrogen-bond acceptors (Lipinski definition) is 4. The Morgan fingerprint density at radius 1 is 1.57 bits per heavy atom. The van der Waals surface area contributed by atoms with Crippen molar-refractivity contribution < 1.29 is 0 Å². The minimum Gasteiger partial charge on any atom is -0.368 e. The molecule has 0 atom stereocenters. The van der Waals surface area contributed by atoms with Gasteiger partial charge in [0.2, 0.25) is 0 Å². The van der Waals surface area contributed by atoms with Crippen molar-refractivity contribution >= 4 is 5.82 Å². The number of nitrogens with zero attached hydrogens (tertiary/aromatic N) is 3. The summed E-state index contributed by atoms with van der Waals surface area (Å²) in [6.07, 6.45) is 0.904. The van der Waals surface area contributed by atoms with Gasteiger partial charge in [0.1, 0.15) is 11.9 Å². The Morgan fingerprint density at radius 3 is 2.86 bits per heavy atom. The predicted molar refractivity (Wildman–Crippen MR) is 54.7 cm³/mol. The van der Waals surface area contributed by atoms with Gasteiger partial charge in [0, 0.05) is 6.54 Å². The Morgan fingerprint density at radius 2 is 2.36 bits per heavy atom. The molecular formula is C10H12N4. The van der Waals surface area contributed by atoms with Crippen LogP contribution in [0.5, 0.6) is 0 Å². The Balaban J connectivity index is 2.45. The normalized spacial score (nSPS) is 9.14. The molecule has 1 N–H and O–H groups in total. The highest BCUT2D eigenvalue weighted by Gasteiger charge is 1.95. The van der Waals surface area contributed by atoms with E-state index in [1.807, 2.05) is 13.0 Å². The van der Waals surface area contributed by atoms with Crippen LogP contribution in [0.2, 0.25) is 0 Å². The molecule has 1 rings (SSSR count). The fourth-order valence-electron chi connectivity index (χ4n) is 0.890. The van der Waals surface area contributed by atoms with E-state index in [9.17, 15) is 0 Å². The van der Waals surface area contributed by atoms with Crippen LogP contribution in [0, 0.1) is 11.3 Å². The third kappa shape index (κ3) is 3.23. The largest absolute Gasteiger partial charge is 0.368 e. The summed E-state index contributed by atoms with van der Waals surface area (Å²) in [5.41, 5.74) is 1.45. The summed E-state index contributed by atoms with van der Waals surface area (Å²) in [5, 5.41) is 19.1. The van der Waals surface area contributed by atoms with Crippen molar-refractivity contribution in [3.8, 4) is 6.07 Å². The van der Waals surface area contributed by atoms with Gasteiger partial charge in [-0.3, -0.25) is 0 Å². The Labute approximate surface area is 83.3 Å². The van der Waals surface area contributed by atoms with Gasteiger partial charge in [0.05, 0.1) is 0 Å². The molecule has 0 aliphatic rings. The van der Waals surface area contributed by atoms with Crippen molar-refractivity contribution in [3.05, 3.63) is 30.0 Å². The van der Waals surface area contributed by atoms with E-state index < -0.39 is 0 Å². The fourth-order valence-corrected chi connectivity index (χ4v) is 0.890. The van der Waals surface area contributed by atoms with E-state index in [2.05, 4.69) is 22.1 Å². The van der Waals surface area contributed by atoms with Crippen LogP contribution in [-0.2, 0) is 0 Å². The second kappa shape index (κ2) is 4.97. The zero-order chi connectivity index (χ0) is 10.4. The molecule has 0 aromatic carbocycles. The lowest BCUT2D eigenvalue weighted by atomic mass is 10.2. The Kier molecular flexibility index (Phi) is 3.62. The maximum Gasteiger partial charge on any atom is 0.163 e. The van der Waals surface area contributed by atoms with E-state index in [0.717, 1.165) is 18.5 Å². The van der Waals surface area contributed by atoms with Crippen molar-refractivity contribution in [2.24, 2.45) is 0 Å². The fraction of sp³-hybridized carbons (Fsp3) is 0.300. The Bertz CT molecular complexity index is 347. The van der Waals surface area contributed by atoms with Crippen LogP contribution >= 0.6 is 0 Å². The van der Waals surface area contributed by atoms with Gasteiger partial charge in [-0.1, -0.05) is 5.57 Å². The first kappa shape index (κ1) is 10.2. The molecule has 4 heteroatoms. The van der Waals surface area contributed by atoms with E-state index in [-0.39, 0.29) is 0 Å². The summed E-state index contributed by atoms with van der Waals surface area (Å²) < 4.78 is 0. The van der Waals surface area contributed by atoms with Crippen LogP contribution in [0.4, 0.5) is 5.82 Å². The summed E-state index contributed by atoms with van der Waals surface area (Å²) in [5.74, 6) is 0.685. The number of hydrogen-bond donors (Lipinski definition) is 1. The van der Waals surface area contributed by atoms with E-state index in [1.165, 1.54) is 0 Å². The minimum atomic E-state index is 0.329. The first-order valence-electron chi connectivity index (χ1n) is 4.34. The summed E-state index contributed by atoms with van der Waals surface area (Å²) in [6, 6.07) is 5.29. The molecule has 0 fully saturated rings. The van der Waals surface area contributed by atoms with Crippen LogP contribution < -0.4 is 5.32 Å². The first-order valence-corrected chi connectivity index (χ1v) is 4.34. The molecule has 0 aliphatic heterocycles. The minimum absolute atomic E-state index is 0.329. The van der Waals surface area contributed by atoms with Gasteiger partial charge in [-0.25, -0.2) is 0 Å². The molecule has 4 nitrogen and oxygen atoms in total. The molecule has 1 aromatic heterocycles. The number of nitriles is 1. The van der Waals surface area contributed by atoms with E-state index in [1.54, 1.807) is 12.1 Å². The average Bonchev–Trinajstić information content (AvgIpc) is 2.18. The molecule has 0 amide bonds. The molecule has 1 heterocycles. The molecule has 1 aromatic rings. The van der Waals surface area contributed by atoms with Gasteiger partial charge in [-0.2, -0.15) is 5.26 Å². The molecular weight excluding hydrogens is 176 g/mol. The third-order valence-corrected chi connectivity index (χ3v) is 1.64. The topological polar surface area (TPSA) is 61.6 Å². The number of anilines is 1. The van der Waals surface area contributed by atoms with Gasteiger partial charge in [0.15, 0.2) is 5.69 Å². The van der Waals surface area contributed by atoms with Crippen molar-refractivity contribution in [2.75, 3.05) is 11.9 Å². The highest BCUT2D eigenvalue weighted by Crippen LogP contribution is 2.02. The lowest BCUT2D eigenvalue weighted by Gasteiger charge is -2.03. The zero-order valence-corrected chi connectivity index (χ0v) is 8.12. The molecule has 0 aliphatic carbocycles. The highest BCUT2D eigenvalue weighted by molar-refractivity contribution is 5.35. The van der Waals surface area contributed by atoms with Crippen molar-refractivity contribution in [3.63, 3.8) is 0 Å². The van der Waals surface area contributed by atoms with Gasteiger partial charge in [-0.05, 0) is 25.5 Å². The van der Waals surface area contributed by atoms with Gasteiger partial charge >= 0.3 is 0 Å². The van der Waals surface area contributed by atoms with Crippen LogP contribution in [-0.4, -0.2) is 16.7 Å². The first-order chi connectivity index (χ1) is 6.72. The smallest absolute Gasteiger partial charge is 0.163 e.